The molecule has 0 spiro atoms. The highest BCUT2D eigenvalue weighted by atomic mass is 16.5. The Morgan fingerprint density at radius 2 is 2.00 bits per heavy atom. The number of aliphatic hydroxyl groups excluding tert-OH is 1. The molecule has 0 amide bonds. The fourth-order valence-electron chi connectivity index (χ4n) is 2.69. The van der Waals surface area contributed by atoms with Crippen LogP contribution in [0.1, 0.15) is 44.3 Å². The molecule has 0 heterocycles. The first-order valence-electron chi connectivity index (χ1n) is 8.09. The molecule has 5 nitrogen and oxygen atoms in total. The minimum absolute atomic E-state index is 0.342. The van der Waals surface area contributed by atoms with Gasteiger partial charge < -0.3 is 20.5 Å². The van der Waals surface area contributed by atoms with Crippen molar-refractivity contribution in [3.8, 4) is 5.75 Å². The smallest absolute Gasteiger partial charge is 0.191 e. The van der Waals surface area contributed by atoms with Crippen LogP contribution in [0.25, 0.3) is 0 Å². The molecule has 0 saturated heterocycles. The quantitative estimate of drug-likeness (QED) is 0.557. The summed E-state index contributed by atoms with van der Waals surface area (Å²) >= 11 is 0. The van der Waals surface area contributed by atoms with Gasteiger partial charge in [-0.2, -0.15) is 0 Å². The van der Waals surface area contributed by atoms with E-state index in [0.717, 1.165) is 23.8 Å². The number of methoxy groups -OCH3 is 1. The van der Waals surface area contributed by atoms with Gasteiger partial charge in [-0.1, -0.05) is 25.0 Å². The summed E-state index contributed by atoms with van der Waals surface area (Å²) in [6.45, 7) is 3.21. The summed E-state index contributed by atoms with van der Waals surface area (Å²) in [4.78, 5) is 4.51. The SMILES string of the molecule is CCNC(=NCC(O)c1ccc(OC)cc1)NC1CCCC1. The van der Waals surface area contributed by atoms with E-state index in [0.29, 0.717) is 12.6 Å². The molecule has 0 aliphatic heterocycles. The van der Waals surface area contributed by atoms with Crippen molar-refractivity contribution in [2.45, 2.75) is 44.8 Å². The molecule has 1 atom stereocenters. The summed E-state index contributed by atoms with van der Waals surface area (Å²) in [5.74, 6) is 1.58. The van der Waals surface area contributed by atoms with Crippen LogP contribution in [0.3, 0.4) is 0 Å². The van der Waals surface area contributed by atoms with Gasteiger partial charge in [-0.05, 0) is 37.5 Å². The zero-order valence-corrected chi connectivity index (χ0v) is 13.5. The van der Waals surface area contributed by atoms with E-state index in [1.165, 1.54) is 25.7 Å². The lowest BCUT2D eigenvalue weighted by atomic mass is 10.1. The molecule has 1 aliphatic carbocycles. The third-order valence-electron chi connectivity index (χ3n) is 3.96. The normalized spacial score (nSPS) is 17.3. The van der Waals surface area contributed by atoms with E-state index in [4.69, 9.17) is 4.74 Å². The number of aliphatic hydroxyl groups is 1. The van der Waals surface area contributed by atoms with E-state index in [1.54, 1.807) is 7.11 Å². The molecule has 1 aliphatic rings. The van der Waals surface area contributed by atoms with E-state index >= 15 is 0 Å². The van der Waals surface area contributed by atoms with Crippen molar-refractivity contribution in [1.82, 2.24) is 10.6 Å². The van der Waals surface area contributed by atoms with Crippen molar-refractivity contribution >= 4 is 5.96 Å². The first-order valence-corrected chi connectivity index (χ1v) is 8.09. The van der Waals surface area contributed by atoms with Crippen LogP contribution in [-0.2, 0) is 0 Å². The lowest BCUT2D eigenvalue weighted by Gasteiger charge is -2.17. The maximum atomic E-state index is 10.3. The fourth-order valence-corrected chi connectivity index (χ4v) is 2.69. The van der Waals surface area contributed by atoms with Crippen LogP contribution in [-0.4, -0.2) is 37.3 Å². The second kappa shape index (κ2) is 8.63. The van der Waals surface area contributed by atoms with E-state index in [2.05, 4.69) is 15.6 Å². The average molecular weight is 305 g/mol. The number of nitrogens with zero attached hydrogens (tertiary/aromatic N) is 1. The Labute approximate surface area is 132 Å². The predicted octanol–water partition coefficient (Wildman–Crippen LogP) is 2.23. The standard InChI is InChI=1S/C17H27N3O2/c1-3-18-17(20-14-6-4-5-7-14)19-12-16(21)13-8-10-15(22-2)11-9-13/h8-11,14,16,21H,3-7,12H2,1-2H3,(H2,18,19,20). The van der Waals surface area contributed by atoms with Crippen molar-refractivity contribution in [3.05, 3.63) is 29.8 Å². The fraction of sp³-hybridized carbons (Fsp3) is 0.588. The van der Waals surface area contributed by atoms with Gasteiger partial charge in [0.1, 0.15) is 5.75 Å². The molecule has 2 rings (SSSR count). The first kappa shape index (κ1) is 16.6. The molecule has 122 valence electrons. The molecule has 1 saturated carbocycles. The second-order valence-corrected chi connectivity index (χ2v) is 5.63. The molecular formula is C17H27N3O2. The third-order valence-corrected chi connectivity index (χ3v) is 3.96. The molecular weight excluding hydrogens is 278 g/mol. The number of ether oxygens (including phenoxy) is 1. The Kier molecular flexibility index (Phi) is 6.52. The van der Waals surface area contributed by atoms with Crippen molar-refractivity contribution in [3.63, 3.8) is 0 Å². The van der Waals surface area contributed by atoms with Crippen molar-refractivity contribution < 1.29 is 9.84 Å². The highest BCUT2D eigenvalue weighted by molar-refractivity contribution is 5.80. The van der Waals surface area contributed by atoms with E-state index < -0.39 is 6.10 Å². The molecule has 0 aromatic heterocycles. The lowest BCUT2D eigenvalue weighted by molar-refractivity contribution is 0.187. The molecule has 0 radical (unpaired) electrons. The molecule has 1 aromatic rings. The van der Waals surface area contributed by atoms with Crippen LogP contribution in [0, 0.1) is 0 Å². The van der Waals surface area contributed by atoms with Gasteiger partial charge in [0.25, 0.3) is 0 Å². The summed E-state index contributed by atoms with van der Waals surface area (Å²) in [5, 5.41) is 17.0. The minimum Gasteiger partial charge on any atom is -0.497 e. The third kappa shape index (κ3) is 4.91. The van der Waals surface area contributed by atoms with Crippen LogP contribution in [0.2, 0.25) is 0 Å². The Morgan fingerprint density at radius 1 is 1.32 bits per heavy atom. The number of benzene rings is 1. The number of rotatable bonds is 6. The van der Waals surface area contributed by atoms with Gasteiger partial charge in [0.05, 0.1) is 19.8 Å². The summed E-state index contributed by atoms with van der Waals surface area (Å²) in [6.07, 6.45) is 4.36. The highest BCUT2D eigenvalue weighted by Gasteiger charge is 2.16. The number of nitrogens with one attached hydrogen (secondary N) is 2. The Bertz CT molecular complexity index is 467. The zero-order chi connectivity index (χ0) is 15.8. The summed E-state index contributed by atoms with van der Waals surface area (Å²) in [5.41, 5.74) is 0.848. The Morgan fingerprint density at radius 3 is 2.59 bits per heavy atom. The molecule has 3 N–H and O–H groups in total. The van der Waals surface area contributed by atoms with Gasteiger partial charge in [0.2, 0.25) is 0 Å². The Hall–Kier alpha value is -1.75. The van der Waals surface area contributed by atoms with Crippen LogP contribution >= 0.6 is 0 Å². The second-order valence-electron chi connectivity index (χ2n) is 5.63. The van der Waals surface area contributed by atoms with Gasteiger partial charge in [-0.3, -0.25) is 4.99 Å². The van der Waals surface area contributed by atoms with Crippen molar-refractivity contribution in [2.24, 2.45) is 4.99 Å². The number of aliphatic imine (C=N–C) groups is 1. The van der Waals surface area contributed by atoms with Gasteiger partial charge >= 0.3 is 0 Å². The molecule has 0 bridgehead atoms. The molecule has 1 fully saturated rings. The maximum absolute atomic E-state index is 10.3. The maximum Gasteiger partial charge on any atom is 0.191 e. The molecule has 1 unspecified atom stereocenters. The summed E-state index contributed by atoms with van der Waals surface area (Å²) in [7, 11) is 1.63. The number of hydrogen-bond donors (Lipinski definition) is 3. The van der Waals surface area contributed by atoms with Crippen LogP contribution in [0.5, 0.6) is 5.75 Å². The summed E-state index contributed by atoms with van der Waals surface area (Å²) in [6, 6.07) is 7.96. The van der Waals surface area contributed by atoms with E-state index in [-0.39, 0.29) is 0 Å². The largest absolute Gasteiger partial charge is 0.497 e. The first-order chi connectivity index (χ1) is 10.7. The monoisotopic (exact) mass is 305 g/mol. The summed E-state index contributed by atoms with van der Waals surface area (Å²) < 4.78 is 5.12. The topological polar surface area (TPSA) is 65.9 Å². The lowest BCUT2D eigenvalue weighted by Crippen LogP contribution is -2.42. The molecule has 22 heavy (non-hydrogen) atoms. The van der Waals surface area contributed by atoms with Crippen LogP contribution in [0.15, 0.2) is 29.3 Å². The zero-order valence-electron chi connectivity index (χ0n) is 13.5. The van der Waals surface area contributed by atoms with E-state index in [1.807, 2.05) is 31.2 Å². The number of hydrogen-bond acceptors (Lipinski definition) is 3. The molecule has 5 heteroatoms. The van der Waals surface area contributed by atoms with Gasteiger partial charge in [0, 0.05) is 12.6 Å². The minimum atomic E-state index is -0.607. The van der Waals surface area contributed by atoms with Gasteiger partial charge in [-0.25, -0.2) is 0 Å². The average Bonchev–Trinajstić information content (AvgIpc) is 3.05. The van der Waals surface area contributed by atoms with Gasteiger partial charge in [-0.15, -0.1) is 0 Å². The number of guanidine groups is 1. The van der Waals surface area contributed by atoms with Crippen LogP contribution < -0.4 is 15.4 Å². The van der Waals surface area contributed by atoms with Crippen molar-refractivity contribution in [1.29, 1.82) is 0 Å². The predicted molar refractivity (Wildman–Crippen MR) is 89.3 cm³/mol. The van der Waals surface area contributed by atoms with Gasteiger partial charge in [0.15, 0.2) is 5.96 Å². The highest BCUT2D eigenvalue weighted by Crippen LogP contribution is 2.19. The Balaban J connectivity index is 1.92. The van der Waals surface area contributed by atoms with Crippen LogP contribution in [0.4, 0.5) is 0 Å². The van der Waals surface area contributed by atoms with E-state index in [9.17, 15) is 5.11 Å². The molecule has 1 aromatic carbocycles. The van der Waals surface area contributed by atoms with Crippen molar-refractivity contribution in [2.75, 3.05) is 20.2 Å².